The van der Waals surface area contributed by atoms with E-state index in [1.165, 1.54) is 212 Å². The predicted octanol–water partition coefficient (Wildman–Crippen LogP) is 34.5. The number of rotatable bonds is 101. The van der Waals surface area contributed by atoms with Crippen molar-refractivity contribution in [3.63, 3.8) is 0 Å². The average Bonchev–Trinajstić information content (AvgIpc) is 0.898. The quantitative estimate of drug-likeness (QED) is 0.0146. The molecule has 5 unspecified atom stereocenters. The second-order valence-corrected chi connectivity index (χ2v) is 38.5. The van der Waals surface area contributed by atoms with Crippen molar-refractivity contribution in [3.05, 3.63) is 194 Å². The molecule has 0 aromatic rings. The van der Waals surface area contributed by atoms with Crippen molar-refractivity contribution in [1.82, 2.24) is 0 Å². The number of carbonyl (C=O) groups excluding carboxylic acids is 3. The van der Waals surface area contributed by atoms with E-state index in [-0.39, 0.29) is 19.3 Å². The molecule has 0 fully saturated rings. The summed E-state index contributed by atoms with van der Waals surface area (Å²) in [6.07, 6.45) is 142. The summed E-state index contributed by atoms with van der Waals surface area (Å²) in [5, 5.41) is 20.8. The third-order valence-corrected chi connectivity index (χ3v) is 24.7. The van der Waals surface area contributed by atoms with Gasteiger partial charge in [-0.15, -0.1) is 0 Å². The van der Waals surface area contributed by atoms with Gasteiger partial charge in [0.1, 0.15) is 25.4 Å². The highest BCUT2D eigenvalue weighted by atomic mass is 31.2. The van der Waals surface area contributed by atoms with E-state index >= 15 is 0 Å². The van der Waals surface area contributed by atoms with Crippen LogP contribution in [0.3, 0.4) is 0 Å². The third-order valence-electron chi connectivity index (χ3n) is 22.8. The lowest BCUT2D eigenvalue weighted by Gasteiger charge is -2.21. The molecule has 0 amide bonds. The lowest BCUT2D eigenvalue weighted by molar-refractivity contribution is -0.161. The number of hydrogen-bond donors (Lipinski definition) is 4. The van der Waals surface area contributed by atoms with Gasteiger partial charge < -0.3 is 34.2 Å². The average molecular weight is 1900 g/mol. The number of allylic oxidation sites excluding steroid dienone is 32. The summed E-state index contributed by atoms with van der Waals surface area (Å²) in [6, 6.07) is 0. The summed E-state index contributed by atoms with van der Waals surface area (Å²) in [5.41, 5.74) is 0. The normalized spacial score (nSPS) is 14.4. The molecule has 0 aliphatic rings. The van der Waals surface area contributed by atoms with Crippen molar-refractivity contribution in [3.8, 4) is 0 Å². The van der Waals surface area contributed by atoms with E-state index in [0.717, 1.165) is 186 Å². The van der Waals surface area contributed by atoms with E-state index < -0.39 is 91.5 Å². The second-order valence-electron chi connectivity index (χ2n) is 35.6. The Balaban J connectivity index is 4.58. The van der Waals surface area contributed by atoms with Crippen LogP contribution in [0.1, 0.15) is 457 Å². The van der Waals surface area contributed by atoms with Crippen LogP contribution in [0.25, 0.3) is 0 Å². The van der Waals surface area contributed by atoms with Gasteiger partial charge in [0.15, 0.2) is 6.10 Å². The van der Waals surface area contributed by atoms with Crippen molar-refractivity contribution in [2.45, 2.75) is 476 Å². The second kappa shape index (κ2) is 105. The van der Waals surface area contributed by atoms with E-state index in [4.69, 9.17) is 32.3 Å². The van der Waals surface area contributed by atoms with Crippen molar-refractivity contribution in [2.24, 2.45) is 0 Å². The fourth-order valence-electron chi connectivity index (χ4n) is 14.8. The smallest absolute Gasteiger partial charge is 0.463 e. The maximum absolute atomic E-state index is 13.1. The molecule has 0 rings (SSSR count). The molecule has 16 nitrogen and oxygen atoms in total. The molecule has 18 heteroatoms. The molecule has 0 bridgehead atoms. The van der Waals surface area contributed by atoms with Gasteiger partial charge in [-0.1, -0.05) is 472 Å². The van der Waals surface area contributed by atoms with E-state index in [1.54, 1.807) is 0 Å². The first-order valence-electron chi connectivity index (χ1n) is 53.7. The predicted molar refractivity (Wildman–Crippen MR) is 564 cm³/mol. The zero-order valence-electron chi connectivity index (χ0n) is 84.6. The van der Waals surface area contributed by atoms with Gasteiger partial charge >= 0.3 is 33.6 Å². The molecule has 133 heavy (non-hydrogen) atoms. The Hall–Kier alpha value is -5.61. The van der Waals surface area contributed by atoms with E-state index in [2.05, 4.69) is 215 Å². The molecule has 0 heterocycles. The molecular weight excluding hydrogens is 1700 g/mol. The van der Waals surface area contributed by atoms with Gasteiger partial charge in [0.05, 0.1) is 26.4 Å². The highest BCUT2D eigenvalue weighted by Gasteiger charge is 2.30. The molecule has 0 radical (unpaired) electrons. The first-order chi connectivity index (χ1) is 65.2. The van der Waals surface area contributed by atoms with Crippen molar-refractivity contribution < 1.29 is 75.8 Å². The summed E-state index contributed by atoms with van der Waals surface area (Å²) >= 11 is 0. The van der Waals surface area contributed by atoms with Crippen molar-refractivity contribution in [2.75, 3.05) is 39.6 Å². The topological polar surface area (TPSA) is 231 Å². The summed E-state index contributed by atoms with van der Waals surface area (Å²) in [6.45, 7) is 2.41. The molecule has 5 atom stereocenters. The SMILES string of the molecule is CC/C=C\C/C=C\C/C=C\C/C=C\C/C=C\C/C=C\CCCCCCCCCCC(=O)OC(COC(=O)CCCCCCCCCCCCCCCCCCCCC/C=C\C/C=C\C/C=C\C/C=C\C/C=C\CC)COP(=O)(O)OCC(O)COP(=O)(O)OCC(O)COC(=O)CCCCCCCCCCCCCCCCCCCCC/C=C\C/C=C\C/C=C\C/C=C\C/C=C\CC. The molecule has 0 aliphatic heterocycles. The van der Waals surface area contributed by atoms with E-state index in [1.807, 2.05) is 0 Å². The van der Waals surface area contributed by atoms with Crippen LogP contribution in [0.15, 0.2) is 194 Å². The highest BCUT2D eigenvalue weighted by molar-refractivity contribution is 7.47. The van der Waals surface area contributed by atoms with Gasteiger partial charge in [0.2, 0.25) is 0 Å². The molecule has 0 aromatic heterocycles. The molecule has 0 saturated heterocycles. The van der Waals surface area contributed by atoms with Crippen LogP contribution >= 0.6 is 15.6 Å². The standard InChI is InChI=1S/C115H196O16P2/c1-4-7-10-13-16-19-22-25-28-31-34-37-40-43-46-48-50-52-54-56-58-60-63-65-68-71-74-77-80-83-86-89-92-95-98-101-113(118)125-104-110(116)105-127-132(121,122)128-106-111(117)107-129-133(123,124)130-109-112(131-115(120)103-100-97-94-91-88-85-82-79-76-73-70-67-62-45-42-39-36-33-30-27-24-21-18-15-12-9-6-3)108-126-114(119)102-99-96-93-90-87-84-81-78-75-72-69-66-64-61-59-57-55-53-51-49-47-44-41-38-35-32-29-26-23-20-17-14-11-8-5-2/h7-12,16-21,25-30,34-39,43-47,62,70,73,110-112,116-117H,4-6,13-15,22-24,31-33,40-42,48-61,63-69,71-72,74-109H2,1-3H3,(H,121,122)(H,123,124)/b10-7-,11-8-,12-9-,19-16-,20-17-,21-18-,28-25-,29-26-,30-27-,37-34-,38-35-,39-36-,46-43-,47-44-,62-45-,73-70-. The molecule has 0 aromatic carbocycles. The zero-order valence-corrected chi connectivity index (χ0v) is 86.4. The first-order valence-corrected chi connectivity index (χ1v) is 56.7. The van der Waals surface area contributed by atoms with Crippen molar-refractivity contribution in [1.29, 1.82) is 0 Å². The largest absolute Gasteiger partial charge is 0.472 e. The minimum absolute atomic E-state index is 0.0911. The number of carbonyl (C=O) groups is 3. The summed E-state index contributed by atoms with van der Waals surface area (Å²) in [7, 11) is -9.83. The van der Waals surface area contributed by atoms with Crippen LogP contribution in [0.5, 0.6) is 0 Å². The molecule has 4 N–H and O–H groups in total. The number of hydrogen-bond acceptors (Lipinski definition) is 14. The monoisotopic (exact) mass is 1900 g/mol. The zero-order chi connectivity index (χ0) is 96.4. The van der Waals surface area contributed by atoms with Crippen LogP contribution in [0.2, 0.25) is 0 Å². The fraction of sp³-hybridized carbons (Fsp3) is 0.696. The van der Waals surface area contributed by atoms with E-state index in [0.29, 0.717) is 19.3 Å². The minimum Gasteiger partial charge on any atom is -0.463 e. The fourth-order valence-corrected chi connectivity index (χ4v) is 16.4. The van der Waals surface area contributed by atoms with E-state index in [9.17, 15) is 43.5 Å². The highest BCUT2D eigenvalue weighted by Crippen LogP contribution is 2.45. The number of unbranched alkanes of at least 4 members (excludes halogenated alkanes) is 46. The Morgan fingerprint density at radius 2 is 0.376 bits per heavy atom. The Morgan fingerprint density at radius 3 is 0.594 bits per heavy atom. The Bertz CT molecular complexity index is 3200. The lowest BCUT2D eigenvalue weighted by Crippen LogP contribution is -2.30. The first kappa shape index (κ1) is 127. The summed E-state index contributed by atoms with van der Waals surface area (Å²) < 4.78 is 61.8. The number of phosphoric acid groups is 2. The van der Waals surface area contributed by atoms with Crippen LogP contribution in [0, 0.1) is 0 Å². The van der Waals surface area contributed by atoms with Crippen LogP contribution < -0.4 is 0 Å². The van der Waals surface area contributed by atoms with Gasteiger partial charge in [-0.05, 0) is 161 Å². The summed E-state index contributed by atoms with van der Waals surface area (Å²) in [4.78, 5) is 59.3. The third kappa shape index (κ3) is 107. The molecule has 0 aliphatic carbocycles. The maximum Gasteiger partial charge on any atom is 0.472 e. The van der Waals surface area contributed by atoms with Crippen molar-refractivity contribution >= 4 is 33.6 Å². The minimum atomic E-state index is -4.95. The van der Waals surface area contributed by atoms with Gasteiger partial charge in [0.25, 0.3) is 0 Å². The Kier molecular flexibility index (Phi) is 101. The number of phosphoric ester groups is 2. The van der Waals surface area contributed by atoms with Gasteiger partial charge in [-0.25, -0.2) is 9.13 Å². The number of aliphatic hydroxyl groups is 2. The summed E-state index contributed by atoms with van der Waals surface area (Å²) in [5.74, 6) is -1.57. The number of aliphatic hydroxyl groups excluding tert-OH is 2. The molecule has 0 saturated carbocycles. The van der Waals surface area contributed by atoms with Gasteiger partial charge in [-0.2, -0.15) is 0 Å². The van der Waals surface area contributed by atoms with Crippen LogP contribution in [-0.2, 0) is 55.8 Å². The van der Waals surface area contributed by atoms with Gasteiger partial charge in [-0.3, -0.25) is 32.5 Å². The van der Waals surface area contributed by atoms with Gasteiger partial charge in [0, 0.05) is 19.3 Å². The van der Waals surface area contributed by atoms with Crippen LogP contribution in [-0.4, -0.2) is 95.9 Å². The Morgan fingerprint density at radius 1 is 0.211 bits per heavy atom. The lowest BCUT2D eigenvalue weighted by atomic mass is 10.0. The Labute approximate surface area is 814 Å². The number of ether oxygens (including phenoxy) is 3. The molecule has 0 spiro atoms. The molecule has 762 valence electrons. The number of esters is 3. The van der Waals surface area contributed by atoms with Crippen LogP contribution in [0.4, 0.5) is 0 Å². The molecular formula is C115H196O16P2. The maximum atomic E-state index is 13.1.